The van der Waals surface area contributed by atoms with Crippen molar-refractivity contribution in [1.29, 1.82) is 0 Å². The smallest absolute Gasteiger partial charge is 0.289 e. The largest absolute Gasteiger partial charge is 0.440 e. The van der Waals surface area contributed by atoms with Crippen LogP contribution in [0.25, 0.3) is 0 Å². The number of hydrogen-bond acceptors (Lipinski definition) is 3. The molecule has 5 heteroatoms. The minimum atomic E-state index is -0.0369. The first-order valence-electron chi connectivity index (χ1n) is 7.53. The molecule has 1 aromatic rings. The van der Waals surface area contributed by atoms with Crippen molar-refractivity contribution in [3.05, 3.63) is 23.1 Å². The van der Waals surface area contributed by atoms with E-state index in [1.807, 2.05) is 4.90 Å². The fraction of sp³-hybridized carbons (Fsp3) is 0.667. The van der Waals surface area contributed by atoms with Crippen LogP contribution in [0.2, 0.25) is 5.22 Å². The van der Waals surface area contributed by atoms with Gasteiger partial charge in [0.25, 0.3) is 5.91 Å². The third-order valence-electron chi connectivity index (χ3n) is 4.44. The lowest BCUT2D eigenvalue weighted by Gasteiger charge is -2.27. The third kappa shape index (κ3) is 3.01. The van der Waals surface area contributed by atoms with Gasteiger partial charge in [0, 0.05) is 32.2 Å². The van der Waals surface area contributed by atoms with Crippen molar-refractivity contribution < 1.29 is 9.21 Å². The molecule has 0 bridgehead atoms. The van der Waals surface area contributed by atoms with Crippen LogP contribution in [0.4, 0.5) is 0 Å². The molecule has 2 heterocycles. The molecule has 1 amide bonds. The van der Waals surface area contributed by atoms with Gasteiger partial charge in [0.05, 0.1) is 0 Å². The molecule has 0 N–H and O–H groups in total. The molecule has 110 valence electrons. The van der Waals surface area contributed by atoms with Crippen LogP contribution in [0.5, 0.6) is 0 Å². The van der Waals surface area contributed by atoms with E-state index in [4.69, 9.17) is 16.0 Å². The van der Waals surface area contributed by atoms with Crippen LogP contribution in [0.3, 0.4) is 0 Å². The Morgan fingerprint density at radius 1 is 1.10 bits per heavy atom. The molecule has 2 aliphatic rings. The maximum atomic E-state index is 12.3. The van der Waals surface area contributed by atoms with E-state index in [9.17, 15) is 4.79 Å². The first kappa shape index (κ1) is 14.0. The SMILES string of the molecule is O=C(c1ccc(Cl)o1)N1CCCN(C2CCCC2)CC1. The Balaban J connectivity index is 1.60. The first-order valence-corrected chi connectivity index (χ1v) is 7.90. The highest BCUT2D eigenvalue weighted by molar-refractivity contribution is 6.29. The molecule has 0 spiro atoms. The van der Waals surface area contributed by atoms with E-state index in [2.05, 4.69) is 4.90 Å². The van der Waals surface area contributed by atoms with Gasteiger partial charge in [0.15, 0.2) is 11.0 Å². The molecule has 1 saturated heterocycles. The molecule has 0 unspecified atom stereocenters. The molecular weight excluding hydrogens is 276 g/mol. The van der Waals surface area contributed by atoms with Crippen molar-refractivity contribution >= 4 is 17.5 Å². The number of carbonyl (C=O) groups excluding carboxylic acids is 1. The first-order chi connectivity index (χ1) is 9.74. The molecule has 3 rings (SSSR count). The maximum absolute atomic E-state index is 12.3. The van der Waals surface area contributed by atoms with Crippen LogP contribution in [0.1, 0.15) is 42.7 Å². The molecule has 1 saturated carbocycles. The van der Waals surface area contributed by atoms with Crippen molar-refractivity contribution in [2.75, 3.05) is 26.2 Å². The minimum absolute atomic E-state index is 0.0369. The number of amides is 1. The van der Waals surface area contributed by atoms with Crippen molar-refractivity contribution in [3.63, 3.8) is 0 Å². The molecule has 1 aliphatic carbocycles. The zero-order valence-corrected chi connectivity index (χ0v) is 12.4. The van der Waals surface area contributed by atoms with Crippen LogP contribution in [-0.4, -0.2) is 47.9 Å². The Morgan fingerprint density at radius 3 is 2.60 bits per heavy atom. The van der Waals surface area contributed by atoms with E-state index in [0.29, 0.717) is 5.76 Å². The number of nitrogens with zero attached hydrogens (tertiary/aromatic N) is 2. The summed E-state index contributed by atoms with van der Waals surface area (Å²) in [6.45, 7) is 3.67. The summed E-state index contributed by atoms with van der Waals surface area (Å²) >= 11 is 5.74. The van der Waals surface area contributed by atoms with Gasteiger partial charge in [-0.3, -0.25) is 9.69 Å². The molecule has 1 aromatic heterocycles. The maximum Gasteiger partial charge on any atom is 0.289 e. The minimum Gasteiger partial charge on any atom is -0.440 e. The molecule has 0 radical (unpaired) electrons. The molecule has 1 aliphatic heterocycles. The molecule has 2 fully saturated rings. The fourth-order valence-electron chi connectivity index (χ4n) is 3.36. The van der Waals surface area contributed by atoms with Gasteiger partial charge in [-0.15, -0.1) is 0 Å². The molecular formula is C15H21ClN2O2. The van der Waals surface area contributed by atoms with Crippen molar-refractivity contribution in [3.8, 4) is 0 Å². The average Bonchev–Trinajstić information content (AvgIpc) is 3.05. The van der Waals surface area contributed by atoms with Crippen molar-refractivity contribution in [1.82, 2.24) is 9.80 Å². The lowest BCUT2D eigenvalue weighted by Crippen LogP contribution is -2.38. The summed E-state index contributed by atoms with van der Waals surface area (Å²) in [4.78, 5) is 16.8. The van der Waals surface area contributed by atoms with E-state index < -0.39 is 0 Å². The topological polar surface area (TPSA) is 36.7 Å². The monoisotopic (exact) mass is 296 g/mol. The fourth-order valence-corrected chi connectivity index (χ4v) is 3.51. The highest BCUT2D eigenvalue weighted by atomic mass is 35.5. The van der Waals surface area contributed by atoms with Gasteiger partial charge >= 0.3 is 0 Å². The molecule has 4 nitrogen and oxygen atoms in total. The van der Waals surface area contributed by atoms with Gasteiger partial charge < -0.3 is 9.32 Å². The Bertz CT molecular complexity index is 468. The second-order valence-electron chi connectivity index (χ2n) is 5.72. The highest BCUT2D eigenvalue weighted by Crippen LogP contribution is 2.24. The quantitative estimate of drug-likeness (QED) is 0.842. The van der Waals surface area contributed by atoms with Crippen molar-refractivity contribution in [2.24, 2.45) is 0 Å². The Labute approximate surface area is 124 Å². The van der Waals surface area contributed by atoms with Gasteiger partial charge in [0.2, 0.25) is 0 Å². The van der Waals surface area contributed by atoms with E-state index in [1.165, 1.54) is 25.7 Å². The second-order valence-corrected chi connectivity index (χ2v) is 6.10. The van der Waals surface area contributed by atoms with E-state index in [-0.39, 0.29) is 11.1 Å². The lowest BCUT2D eigenvalue weighted by atomic mass is 10.2. The van der Waals surface area contributed by atoms with E-state index in [1.54, 1.807) is 12.1 Å². The summed E-state index contributed by atoms with van der Waals surface area (Å²) in [7, 11) is 0. The van der Waals surface area contributed by atoms with Gasteiger partial charge in [-0.1, -0.05) is 12.8 Å². The predicted molar refractivity (Wildman–Crippen MR) is 78.1 cm³/mol. The van der Waals surface area contributed by atoms with Crippen LogP contribution < -0.4 is 0 Å². The van der Waals surface area contributed by atoms with E-state index in [0.717, 1.165) is 38.6 Å². The summed E-state index contributed by atoms with van der Waals surface area (Å²) in [5.41, 5.74) is 0. The summed E-state index contributed by atoms with van der Waals surface area (Å²) in [5.74, 6) is 0.314. The zero-order chi connectivity index (χ0) is 13.9. The average molecular weight is 297 g/mol. The summed E-state index contributed by atoms with van der Waals surface area (Å²) in [6, 6.07) is 4.02. The van der Waals surface area contributed by atoms with Crippen molar-refractivity contribution in [2.45, 2.75) is 38.1 Å². The number of furan rings is 1. The highest BCUT2D eigenvalue weighted by Gasteiger charge is 2.27. The van der Waals surface area contributed by atoms with E-state index >= 15 is 0 Å². The number of halogens is 1. The zero-order valence-electron chi connectivity index (χ0n) is 11.7. The van der Waals surface area contributed by atoms with Gasteiger partial charge in [-0.05, 0) is 43.0 Å². The summed E-state index contributed by atoms with van der Waals surface area (Å²) in [5, 5.41) is 0.274. The Morgan fingerprint density at radius 2 is 1.90 bits per heavy atom. The molecule has 0 atom stereocenters. The van der Waals surface area contributed by atoms with Crippen LogP contribution in [0.15, 0.2) is 16.5 Å². The predicted octanol–water partition coefficient (Wildman–Crippen LogP) is 3.02. The van der Waals surface area contributed by atoms with Crippen LogP contribution in [0, 0.1) is 0 Å². The number of carbonyl (C=O) groups is 1. The number of hydrogen-bond donors (Lipinski definition) is 0. The Kier molecular flexibility index (Phi) is 4.32. The second kappa shape index (κ2) is 6.19. The van der Waals surface area contributed by atoms with Crippen LogP contribution >= 0.6 is 11.6 Å². The van der Waals surface area contributed by atoms with Gasteiger partial charge in [-0.2, -0.15) is 0 Å². The molecule has 20 heavy (non-hydrogen) atoms. The standard InChI is InChI=1S/C15H21ClN2O2/c16-14-7-6-13(20-14)15(19)18-9-3-8-17(10-11-18)12-4-1-2-5-12/h6-7,12H,1-5,8-11H2. The van der Waals surface area contributed by atoms with Gasteiger partial charge in [-0.25, -0.2) is 0 Å². The number of rotatable bonds is 2. The van der Waals surface area contributed by atoms with Gasteiger partial charge in [0.1, 0.15) is 0 Å². The Hall–Kier alpha value is -1.00. The summed E-state index contributed by atoms with van der Waals surface area (Å²) in [6.07, 6.45) is 6.39. The lowest BCUT2D eigenvalue weighted by molar-refractivity contribution is 0.0726. The summed E-state index contributed by atoms with van der Waals surface area (Å²) < 4.78 is 5.23. The normalized spacial score (nSPS) is 22.1. The molecule has 0 aromatic carbocycles. The van der Waals surface area contributed by atoms with Crippen LogP contribution in [-0.2, 0) is 0 Å². The third-order valence-corrected chi connectivity index (χ3v) is 4.65.